The molecule has 1 unspecified atom stereocenters. The molecular formula is C19H35K2LiO4. The molecule has 138 valence electrons. The fourth-order valence-corrected chi connectivity index (χ4v) is 2.64. The third-order valence-corrected chi connectivity index (χ3v) is 4.20. The Labute approximate surface area is 255 Å². The summed E-state index contributed by atoms with van der Waals surface area (Å²) in [6.07, 6.45) is 16.1. The van der Waals surface area contributed by atoms with Crippen molar-refractivity contribution in [2.75, 3.05) is 0 Å². The average Bonchev–Trinajstić information content (AvgIpc) is 2.47. The number of carboxylic acids is 2. The third-order valence-electron chi connectivity index (χ3n) is 4.20. The Kier molecular flexibility index (Phi) is 36.0. The summed E-state index contributed by atoms with van der Waals surface area (Å²) in [6, 6.07) is 0. The molecule has 0 N–H and O–H groups in total. The maximum absolute atomic E-state index is 9.28. The van der Waals surface area contributed by atoms with Gasteiger partial charge in [0.25, 0.3) is 0 Å². The first-order valence-corrected chi connectivity index (χ1v) is 9.64. The number of carbonyl (C=O) groups excluding carboxylic acids is 2. The molecule has 0 saturated heterocycles. The third kappa shape index (κ3) is 34.3. The van der Waals surface area contributed by atoms with Gasteiger partial charge in [-0.2, -0.15) is 0 Å². The van der Waals surface area contributed by atoms with Crippen molar-refractivity contribution in [2.45, 2.75) is 108 Å². The minimum absolute atomic E-state index is 0. The van der Waals surface area contributed by atoms with Crippen LogP contribution in [0.4, 0.5) is 0 Å². The molecule has 0 aliphatic carbocycles. The van der Waals surface area contributed by atoms with Crippen LogP contribution in [0, 0.1) is 0 Å². The fourth-order valence-electron chi connectivity index (χ4n) is 2.64. The summed E-state index contributed by atoms with van der Waals surface area (Å²) < 4.78 is 0.595. The van der Waals surface area contributed by atoms with Crippen LogP contribution in [0.5, 0.6) is 0 Å². The molecule has 26 heavy (non-hydrogen) atoms. The number of unbranched alkanes of at least 4 members (excludes halogenated alkanes) is 8. The topological polar surface area (TPSA) is 80.3 Å². The molecule has 0 aliphatic rings. The Morgan fingerprint density at radius 3 is 1.42 bits per heavy atom. The summed E-state index contributed by atoms with van der Waals surface area (Å²) in [5, 5.41) is 18.6. The van der Waals surface area contributed by atoms with Crippen LogP contribution >= 0.6 is 0 Å². The Hall–Kier alpha value is 2.81. The van der Waals surface area contributed by atoms with Crippen molar-refractivity contribution >= 4 is 29.7 Å². The van der Waals surface area contributed by atoms with Gasteiger partial charge in [0, 0.05) is 18.4 Å². The molecule has 0 aliphatic heterocycles. The molecule has 0 rings (SSSR count). The van der Waals surface area contributed by atoms with Crippen molar-refractivity contribution in [3.63, 3.8) is 0 Å². The van der Waals surface area contributed by atoms with E-state index in [-0.39, 0.29) is 103 Å². The molecule has 0 bridgehead atoms. The molecule has 0 aromatic rings. The van der Waals surface area contributed by atoms with Gasteiger partial charge in [-0.3, -0.25) is 0 Å². The number of carbonyl (C=O) groups is 2. The van der Waals surface area contributed by atoms with Crippen LogP contribution < -0.4 is 113 Å². The summed E-state index contributed by atoms with van der Waals surface area (Å²) in [5.41, 5.74) is 0. The monoisotopic (exact) mass is 412 g/mol. The molecule has 0 radical (unpaired) electrons. The number of hydrogen-bond acceptors (Lipinski definition) is 4. The zero-order valence-corrected chi connectivity index (χ0v) is 24.6. The van der Waals surface area contributed by atoms with Gasteiger partial charge in [-0.25, -0.2) is 0 Å². The Bertz CT molecular complexity index is 315. The molecule has 1 atom stereocenters. The van der Waals surface area contributed by atoms with E-state index in [1.165, 1.54) is 77.0 Å². The van der Waals surface area contributed by atoms with E-state index in [1.807, 2.05) is 0 Å². The van der Waals surface area contributed by atoms with Gasteiger partial charge in [0.2, 0.25) is 0 Å². The van der Waals surface area contributed by atoms with Crippen molar-refractivity contribution < 1.29 is 123 Å². The van der Waals surface area contributed by atoms with E-state index in [0.29, 0.717) is 4.09 Å². The number of rotatable bonds is 14. The van der Waals surface area contributed by atoms with E-state index >= 15 is 0 Å². The van der Waals surface area contributed by atoms with E-state index in [4.69, 9.17) is 0 Å². The van der Waals surface area contributed by atoms with Crippen molar-refractivity contribution in [1.29, 1.82) is 0 Å². The minimum atomic E-state index is -1.63. The molecule has 0 saturated carbocycles. The van der Waals surface area contributed by atoms with Crippen LogP contribution in [-0.4, -0.2) is 29.7 Å². The van der Waals surface area contributed by atoms with Gasteiger partial charge in [-0.05, 0) is 0 Å². The van der Waals surface area contributed by atoms with Gasteiger partial charge in [0.1, 0.15) is 0 Å². The van der Waals surface area contributed by atoms with E-state index in [9.17, 15) is 19.8 Å². The molecule has 7 heteroatoms. The molecule has 0 aromatic heterocycles. The molecular weight excluding hydrogens is 377 g/mol. The molecule has 0 fully saturated rings. The summed E-state index contributed by atoms with van der Waals surface area (Å²) in [6.45, 7) is 7.04. The second kappa shape index (κ2) is 25.8. The first kappa shape index (κ1) is 36.2. The first-order chi connectivity index (χ1) is 11.2. The van der Waals surface area contributed by atoms with Gasteiger partial charge in [-0.15, -0.1) is 0 Å². The van der Waals surface area contributed by atoms with Crippen molar-refractivity contribution in [3.05, 3.63) is 0 Å². The predicted molar refractivity (Wildman–Crippen MR) is 95.5 cm³/mol. The van der Waals surface area contributed by atoms with Crippen LogP contribution in [0.15, 0.2) is 0 Å². The zero-order chi connectivity index (χ0) is 18.8. The van der Waals surface area contributed by atoms with Gasteiger partial charge in [-0.1, -0.05) is 0 Å². The van der Waals surface area contributed by atoms with Crippen LogP contribution in [0.3, 0.4) is 0 Å². The van der Waals surface area contributed by atoms with E-state index in [1.54, 1.807) is 0 Å². The van der Waals surface area contributed by atoms with E-state index in [2.05, 4.69) is 38.5 Å². The summed E-state index contributed by atoms with van der Waals surface area (Å²) in [4.78, 5) is 18.6. The Morgan fingerprint density at radius 1 is 0.731 bits per heavy atom. The van der Waals surface area contributed by atoms with Gasteiger partial charge < -0.3 is 19.8 Å². The fraction of sp³-hybridized carbons (Fsp3) is 0.895. The van der Waals surface area contributed by atoms with Crippen LogP contribution in [-0.2, 0) is 9.59 Å². The molecule has 0 aromatic carbocycles. The molecule has 0 heterocycles. The average molecular weight is 413 g/mol. The predicted octanol–water partition coefficient (Wildman–Crippen LogP) is -3.06. The molecule has 4 nitrogen and oxygen atoms in total. The number of carboxylic acid groups (broad SMARTS) is 2. The SMILES string of the molecule is O=C([O-])CC(=O)[O-].[K+].[K+].[Li][C](C)(CCCC)CCCCCCCCCC. The molecule has 0 amide bonds. The standard InChI is InChI=1S/C16H33.C3H4O4.2K.Li/c1-4-6-8-9-10-11-12-13-15-16(3)14-7-5-2;4-2(5)1-3(6)7;;;/h4-15H2,1-3H3;1H2,(H,4,5)(H,6,7);;;/q;;2*+1;/p-2. The first-order valence-electron chi connectivity index (χ1n) is 9.64. The van der Waals surface area contributed by atoms with Crippen molar-refractivity contribution in [2.24, 2.45) is 0 Å². The van der Waals surface area contributed by atoms with Crippen molar-refractivity contribution in [1.82, 2.24) is 0 Å². The Morgan fingerprint density at radius 2 is 1.08 bits per heavy atom. The second-order valence-corrected chi connectivity index (χ2v) is 7.41. The van der Waals surface area contributed by atoms with Gasteiger partial charge in [0.05, 0.1) is 0 Å². The van der Waals surface area contributed by atoms with E-state index < -0.39 is 18.4 Å². The normalized spacial score (nSPS) is 11.9. The number of hydrogen-bond donors (Lipinski definition) is 0. The zero-order valence-electron chi connectivity index (χ0n) is 18.3. The van der Waals surface area contributed by atoms with Crippen LogP contribution in [0.25, 0.3) is 0 Å². The second-order valence-electron chi connectivity index (χ2n) is 7.41. The van der Waals surface area contributed by atoms with Crippen molar-refractivity contribution in [3.8, 4) is 0 Å². The number of aliphatic carboxylic acids is 2. The molecule has 0 spiro atoms. The van der Waals surface area contributed by atoms with Gasteiger partial charge in [0.15, 0.2) is 0 Å². The van der Waals surface area contributed by atoms with Crippen LogP contribution in [0.2, 0.25) is 4.09 Å². The quantitative estimate of drug-likeness (QED) is 0.172. The maximum atomic E-state index is 9.28. The summed E-state index contributed by atoms with van der Waals surface area (Å²) >= 11 is 2.45. The van der Waals surface area contributed by atoms with Gasteiger partial charge >= 0.3 is 222 Å². The summed E-state index contributed by atoms with van der Waals surface area (Å²) in [5.74, 6) is -3.25. The van der Waals surface area contributed by atoms with E-state index in [0.717, 1.165) is 0 Å². The van der Waals surface area contributed by atoms with Crippen LogP contribution in [0.1, 0.15) is 104 Å². The Balaban J connectivity index is -0.000000230. The summed E-state index contributed by atoms with van der Waals surface area (Å²) in [7, 11) is 0.